The highest BCUT2D eigenvalue weighted by molar-refractivity contribution is 7.99. The van der Waals surface area contributed by atoms with Gasteiger partial charge in [0.15, 0.2) is 5.16 Å². The van der Waals surface area contributed by atoms with Crippen LogP contribution in [-0.4, -0.2) is 41.3 Å². The number of carbonyl (C=O) groups excluding carboxylic acids is 1. The molecule has 0 spiro atoms. The summed E-state index contributed by atoms with van der Waals surface area (Å²) in [6, 6.07) is 1.70. The van der Waals surface area contributed by atoms with Gasteiger partial charge in [-0.05, 0) is 12.3 Å². The zero-order valence-electron chi connectivity index (χ0n) is 14.3. The highest BCUT2D eigenvalue weighted by Crippen LogP contribution is 2.21. The number of thioether (sulfide) groups is 1. The number of carbonyl (C=O) groups is 1. The summed E-state index contributed by atoms with van der Waals surface area (Å²) in [5.41, 5.74) is 0. The van der Waals surface area contributed by atoms with Crippen LogP contribution in [0.5, 0.6) is 0 Å². The molecule has 24 heavy (non-hydrogen) atoms. The molecule has 1 aromatic heterocycles. The Bertz CT molecular complexity index is 556. The Morgan fingerprint density at radius 2 is 2.04 bits per heavy atom. The van der Waals surface area contributed by atoms with Gasteiger partial charge in [0.2, 0.25) is 5.91 Å². The predicted molar refractivity (Wildman–Crippen MR) is 103 cm³/mol. The van der Waals surface area contributed by atoms with E-state index < -0.39 is 0 Å². The van der Waals surface area contributed by atoms with Crippen LogP contribution in [-0.2, 0) is 4.79 Å². The van der Waals surface area contributed by atoms with Gasteiger partial charge in [0, 0.05) is 25.7 Å². The van der Waals surface area contributed by atoms with Crippen LogP contribution in [0.3, 0.4) is 0 Å². The number of hydrogen-bond acceptors (Lipinski definition) is 5. The fourth-order valence-corrected chi connectivity index (χ4v) is 2.78. The van der Waals surface area contributed by atoms with Gasteiger partial charge in [-0.3, -0.25) is 4.79 Å². The van der Waals surface area contributed by atoms with Gasteiger partial charge in [0.05, 0.1) is 5.75 Å². The Morgan fingerprint density at radius 1 is 1.38 bits per heavy atom. The minimum absolute atomic E-state index is 0.0279. The van der Waals surface area contributed by atoms with E-state index in [1.807, 2.05) is 4.90 Å². The molecule has 0 saturated carbocycles. The van der Waals surface area contributed by atoms with E-state index in [1.54, 1.807) is 18.2 Å². The van der Waals surface area contributed by atoms with E-state index in [2.05, 4.69) is 42.3 Å². The van der Waals surface area contributed by atoms with Crippen LogP contribution >= 0.6 is 23.4 Å². The normalized spacial score (nSPS) is 10.5. The summed E-state index contributed by atoms with van der Waals surface area (Å²) in [7, 11) is 0. The van der Waals surface area contributed by atoms with Gasteiger partial charge in [-0.2, -0.15) is 0 Å². The van der Waals surface area contributed by atoms with E-state index in [4.69, 9.17) is 11.6 Å². The molecule has 0 aliphatic heterocycles. The van der Waals surface area contributed by atoms with E-state index in [0.717, 1.165) is 6.42 Å². The lowest BCUT2D eigenvalue weighted by Gasteiger charge is -2.20. The Labute approximate surface area is 153 Å². The van der Waals surface area contributed by atoms with Gasteiger partial charge in [-0.25, -0.2) is 9.97 Å². The van der Waals surface area contributed by atoms with Crippen LogP contribution in [0.1, 0.15) is 20.3 Å². The lowest BCUT2D eigenvalue weighted by atomic mass is 10.1. The second kappa shape index (κ2) is 11.1. The average Bonchev–Trinajstić information content (AvgIpc) is 2.52. The molecule has 0 saturated heterocycles. The van der Waals surface area contributed by atoms with E-state index in [9.17, 15) is 4.79 Å². The number of rotatable bonds is 11. The van der Waals surface area contributed by atoms with Gasteiger partial charge < -0.3 is 10.2 Å². The molecule has 1 rings (SSSR count). The fraction of sp³-hybridized carbons (Fsp3) is 0.471. The summed E-state index contributed by atoms with van der Waals surface area (Å²) in [5.74, 6) is 1.50. The lowest BCUT2D eigenvalue weighted by Crippen LogP contribution is -2.27. The predicted octanol–water partition coefficient (Wildman–Crippen LogP) is 3.56. The Kier molecular flexibility index (Phi) is 9.49. The monoisotopic (exact) mass is 368 g/mol. The average molecular weight is 369 g/mol. The number of nitrogens with one attached hydrogen (secondary N) is 1. The van der Waals surface area contributed by atoms with Crippen LogP contribution in [0.15, 0.2) is 36.5 Å². The third-order valence-electron chi connectivity index (χ3n) is 3.06. The first kappa shape index (κ1) is 20.5. The van der Waals surface area contributed by atoms with Gasteiger partial charge in [0.1, 0.15) is 11.0 Å². The molecule has 1 heterocycles. The third-order valence-corrected chi connectivity index (χ3v) is 4.10. The lowest BCUT2D eigenvalue weighted by molar-refractivity contribution is -0.118. The second-order valence-electron chi connectivity index (χ2n) is 5.63. The fourth-order valence-electron chi connectivity index (χ4n) is 1.87. The molecule has 0 radical (unpaired) electrons. The summed E-state index contributed by atoms with van der Waals surface area (Å²) in [4.78, 5) is 22.5. The van der Waals surface area contributed by atoms with Crippen molar-refractivity contribution in [2.24, 2.45) is 5.92 Å². The van der Waals surface area contributed by atoms with Crippen molar-refractivity contribution in [3.8, 4) is 0 Å². The smallest absolute Gasteiger partial charge is 0.230 e. The first-order valence-corrected chi connectivity index (χ1v) is 9.23. The van der Waals surface area contributed by atoms with E-state index in [-0.39, 0.29) is 11.7 Å². The number of hydrogen-bond donors (Lipinski definition) is 1. The number of aromatic nitrogens is 2. The molecular formula is C17H25ClN4OS. The molecular weight excluding hydrogens is 344 g/mol. The maximum atomic E-state index is 11.8. The first-order chi connectivity index (χ1) is 11.5. The molecule has 1 amide bonds. The quantitative estimate of drug-likeness (QED) is 0.280. The molecule has 7 heteroatoms. The maximum absolute atomic E-state index is 11.8. The molecule has 0 aliphatic carbocycles. The molecule has 0 unspecified atom stereocenters. The zero-order chi connectivity index (χ0) is 17.9. The molecule has 0 fully saturated rings. The molecule has 5 nitrogen and oxygen atoms in total. The van der Waals surface area contributed by atoms with Crippen molar-refractivity contribution in [2.45, 2.75) is 25.4 Å². The Balaban J connectivity index is 2.66. The molecule has 0 atom stereocenters. The highest BCUT2D eigenvalue weighted by Gasteiger charge is 2.11. The third kappa shape index (κ3) is 7.84. The molecule has 1 N–H and O–H groups in total. The number of halogens is 1. The van der Waals surface area contributed by atoms with Crippen LogP contribution in [0.25, 0.3) is 0 Å². The summed E-state index contributed by atoms with van der Waals surface area (Å²) >= 11 is 7.36. The highest BCUT2D eigenvalue weighted by atomic mass is 35.5. The summed E-state index contributed by atoms with van der Waals surface area (Å²) < 4.78 is 0. The van der Waals surface area contributed by atoms with Crippen molar-refractivity contribution >= 4 is 35.1 Å². The van der Waals surface area contributed by atoms with Crippen molar-refractivity contribution in [3.05, 3.63) is 36.5 Å². The first-order valence-electron chi connectivity index (χ1n) is 7.87. The van der Waals surface area contributed by atoms with Gasteiger partial charge in [-0.15, -0.1) is 13.2 Å². The summed E-state index contributed by atoms with van der Waals surface area (Å²) in [6.07, 6.45) is 4.54. The molecule has 1 aromatic rings. The van der Waals surface area contributed by atoms with E-state index in [0.29, 0.717) is 41.7 Å². The van der Waals surface area contributed by atoms with Crippen molar-refractivity contribution in [3.63, 3.8) is 0 Å². The SMILES string of the molecule is C=CCN(CC=C)c1cc(Cl)nc(SCC(=O)NCCC(C)C)n1. The maximum Gasteiger partial charge on any atom is 0.230 e. The minimum Gasteiger partial charge on any atom is -0.355 e. The van der Waals surface area contributed by atoms with E-state index >= 15 is 0 Å². The number of anilines is 1. The van der Waals surface area contributed by atoms with Crippen molar-refractivity contribution in [1.82, 2.24) is 15.3 Å². The van der Waals surface area contributed by atoms with Gasteiger partial charge >= 0.3 is 0 Å². The molecule has 0 aromatic carbocycles. The number of amides is 1. The van der Waals surface area contributed by atoms with Crippen LogP contribution < -0.4 is 10.2 Å². The van der Waals surface area contributed by atoms with Crippen LogP contribution in [0.4, 0.5) is 5.82 Å². The molecule has 132 valence electrons. The van der Waals surface area contributed by atoms with Gasteiger partial charge in [-0.1, -0.05) is 49.4 Å². The topological polar surface area (TPSA) is 58.1 Å². The zero-order valence-corrected chi connectivity index (χ0v) is 15.9. The Hall–Kier alpha value is -1.53. The summed E-state index contributed by atoms with van der Waals surface area (Å²) in [5, 5.41) is 3.72. The second-order valence-corrected chi connectivity index (χ2v) is 6.96. The van der Waals surface area contributed by atoms with E-state index in [1.165, 1.54) is 11.8 Å². The largest absolute Gasteiger partial charge is 0.355 e. The van der Waals surface area contributed by atoms with Crippen molar-refractivity contribution < 1.29 is 4.79 Å². The van der Waals surface area contributed by atoms with Crippen molar-refractivity contribution in [1.29, 1.82) is 0 Å². The van der Waals surface area contributed by atoms with Gasteiger partial charge in [0.25, 0.3) is 0 Å². The minimum atomic E-state index is -0.0279. The van der Waals surface area contributed by atoms with Crippen molar-refractivity contribution in [2.75, 3.05) is 30.3 Å². The molecule has 0 aliphatic rings. The molecule has 0 bridgehead atoms. The van der Waals surface area contributed by atoms with Crippen LogP contribution in [0.2, 0.25) is 5.15 Å². The summed E-state index contributed by atoms with van der Waals surface area (Å²) in [6.45, 7) is 13.7. The number of nitrogens with zero attached hydrogens (tertiary/aromatic N) is 3. The van der Waals surface area contributed by atoms with Crippen LogP contribution in [0, 0.1) is 5.92 Å². The Morgan fingerprint density at radius 3 is 2.62 bits per heavy atom. The standard InChI is InChI=1S/C17H25ClN4OS/c1-5-9-22(10-6-2)15-11-14(18)20-17(21-15)24-12-16(23)19-8-7-13(3)4/h5-6,11,13H,1-2,7-10,12H2,3-4H3,(H,19,23).